The van der Waals surface area contributed by atoms with E-state index >= 15 is 0 Å². The highest BCUT2D eigenvalue weighted by atomic mass is 16.5. The SMILES string of the molecule is NC12C=CCC1(N)C13CCC4(CCCCC4CC1CC2)O3. The van der Waals surface area contributed by atoms with E-state index in [1.54, 1.807) is 0 Å². The number of rotatable bonds is 0. The van der Waals surface area contributed by atoms with Gasteiger partial charge in [-0.25, -0.2) is 0 Å². The second-order valence-corrected chi connectivity index (χ2v) is 8.59. The summed E-state index contributed by atoms with van der Waals surface area (Å²) in [5.74, 6) is 1.42. The molecule has 2 heterocycles. The Morgan fingerprint density at radius 3 is 2.76 bits per heavy atom. The molecule has 6 unspecified atom stereocenters. The highest BCUT2D eigenvalue weighted by Crippen LogP contribution is 2.66. The number of hydrogen-bond donors (Lipinski definition) is 2. The van der Waals surface area contributed by atoms with Gasteiger partial charge in [-0.1, -0.05) is 25.0 Å². The lowest BCUT2D eigenvalue weighted by Crippen LogP contribution is -2.79. The molecule has 21 heavy (non-hydrogen) atoms. The molecule has 5 aliphatic rings. The number of hydrogen-bond acceptors (Lipinski definition) is 3. The molecular weight excluding hydrogens is 260 g/mol. The van der Waals surface area contributed by atoms with Crippen molar-refractivity contribution in [2.75, 3.05) is 0 Å². The molecule has 2 bridgehead atoms. The molecule has 3 heteroatoms. The summed E-state index contributed by atoms with van der Waals surface area (Å²) >= 11 is 0. The Bertz CT molecular complexity index is 519. The lowest BCUT2D eigenvalue weighted by Gasteiger charge is -2.63. The van der Waals surface area contributed by atoms with Gasteiger partial charge in [0, 0.05) is 0 Å². The molecule has 4 N–H and O–H groups in total. The fourth-order valence-corrected chi connectivity index (χ4v) is 6.87. The van der Waals surface area contributed by atoms with Crippen LogP contribution >= 0.6 is 0 Å². The monoisotopic (exact) mass is 288 g/mol. The van der Waals surface area contributed by atoms with Crippen molar-refractivity contribution in [2.24, 2.45) is 23.3 Å². The van der Waals surface area contributed by atoms with Crippen LogP contribution in [-0.4, -0.2) is 22.3 Å². The van der Waals surface area contributed by atoms with Crippen molar-refractivity contribution < 1.29 is 4.74 Å². The van der Waals surface area contributed by atoms with Gasteiger partial charge in [-0.15, -0.1) is 0 Å². The maximum Gasteiger partial charge on any atom is 0.0922 e. The quantitative estimate of drug-likeness (QED) is 0.674. The lowest BCUT2D eigenvalue weighted by molar-refractivity contribution is -0.252. The van der Waals surface area contributed by atoms with E-state index in [0.29, 0.717) is 5.92 Å². The number of fused-ring (bicyclic) bond motifs is 1. The van der Waals surface area contributed by atoms with Crippen LogP contribution in [0.4, 0.5) is 0 Å². The molecule has 3 nitrogen and oxygen atoms in total. The third-order valence-electron chi connectivity index (χ3n) is 8.03. The largest absolute Gasteiger partial charge is 0.366 e. The molecule has 0 aromatic rings. The molecule has 4 fully saturated rings. The first-order chi connectivity index (χ1) is 10.0. The Morgan fingerprint density at radius 1 is 0.952 bits per heavy atom. The summed E-state index contributed by atoms with van der Waals surface area (Å²) in [6, 6.07) is 0. The van der Waals surface area contributed by atoms with E-state index in [4.69, 9.17) is 16.2 Å². The van der Waals surface area contributed by atoms with Gasteiger partial charge >= 0.3 is 0 Å². The maximum absolute atomic E-state index is 7.03. The van der Waals surface area contributed by atoms with Crippen LogP contribution in [0.1, 0.15) is 64.2 Å². The van der Waals surface area contributed by atoms with Crippen LogP contribution in [-0.2, 0) is 4.74 Å². The zero-order chi connectivity index (χ0) is 14.3. The highest BCUT2D eigenvalue weighted by Gasteiger charge is 2.73. The van der Waals surface area contributed by atoms with Gasteiger partial charge in [-0.3, -0.25) is 0 Å². The summed E-state index contributed by atoms with van der Waals surface area (Å²) in [7, 11) is 0. The van der Waals surface area contributed by atoms with Crippen molar-refractivity contribution in [1.82, 2.24) is 0 Å². The first-order valence-electron chi connectivity index (χ1n) is 8.99. The van der Waals surface area contributed by atoms with Crippen molar-refractivity contribution in [2.45, 2.75) is 86.5 Å². The molecule has 0 radical (unpaired) electrons. The Morgan fingerprint density at radius 2 is 1.86 bits per heavy atom. The van der Waals surface area contributed by atoms with Gasteiger partial charge in [0.15, 0.2) is 0 Å². The third-order valence-corrected chi connectivity index (χ3v) is 8.03. The lowest BCUT2D eigenvalue weighted by atomic mass is 9.54. The zero-order valence-corrected chi connectivity index (χ0v) is 12.9. The fraction of sp³-hybridized carbons (Fsp3) is 0.889. The van der Waals surface area contributed by atoms with Crippen molar-refractivity contribution >= 4 is 0 Å². The van der Waals surface area contributed by atoms with Crippen molar-refractivity contribution in [1.29, 1.82) is 0 Å². The first kappa shape index (κ1) is 13.1. The van der Waals surface area contributed by atoms with E-state index in [0.717, 1.165) is 25.2 Å². The summed E-state index contributed by atoms with van der Waals surface area (Å²) in [4.78, 5) is 0. The molecular formula is C18H28N2O. The minimum atomic E-state index is -0.366. The van der Waals surface area contributed by atoms with E-state index < -0.39 is 0 Å². The second-order valence-electron chi connectivity index (χ2n) is 8.59. The van der Waals surface area contributed by atoms with E-state index in [-0.39, 0.29) is 22.3 Å². The first-order valence-corrected chi connectivity index (χ1v) is 8.99. The Labute approximate surface area is 127 Å². The van der Waals surface area contributed by atoms with Gasteiger partial charge in [-0.05, 0) is 63.2 Å². The molecule has 2 saturated heterocycles. The Hall–Kier alpha value is -0.380. The van der Waals surface area contributed by atoms with Gasteiger partial charge in [0.25, 0.3) is 0 Å². The van der Waals surface area contributed by atoms with Crippen molar-refractivity contribution in [3.8, 4) is 0 Å². The minimum Gasteiger partial charge on any atom is -0.366 e. The summed E-state index contributed by atoms with van der Waals surface area (Å²) in [5, 5.41) is 0. The van der Waals surface area contributed by atoms with Crippen LogP contribution in [0.25, 0.3) is 0 Å². The van der Waals surface area contributed by atoms with Crippen molar-refractivity contribution in [3.63, 3.8) is 0 Å². The number of ether oxygens (including phenoxy) is 1. The smallest absolute Gasteiger partial charge is 0.0922 e. The van der Waals surface area contributed by atoms with E-state index in [9.17, 15) is 0 Å². The van der Waals surface area contributed by atoms with Gasteiger partial charge in [-0.2, -0.15) is 0 Å². The standard InChI is InChI=1S/C18H28N2O/c19-16-7-3-8-18(16,20)17-11-10-15(21-17)6-2-1-4-13(15)12-14(17)5-9-16/h3,7,13-14H,1-2,4-6,8-12,19-20H2. The van der Waals surface area contributed by atoms with Crippen molar-refractivity contribution in [3.05, 3.63) is 12.2 Å². The highest BCUT2D eigenvalue weighted by molar-refractivity contribution is 5.37. The van der Waals surface area contributed by atoms with Gasteiger partial charge in [0.1, 0.15) is 0 Å². The average Bonchev–Trinajstić information content (AvgIpc) is 2.96. The van der Waals surface area contributed by atoms with Crippen LogP contribution < -0.4 is 11.5 Å². The molecule has 2 spiro atoms. The van der Waals surface area contributed by atoms with E-state index in [1.807, 2.05) is 0 Å². The van der Waals surface area contributed by atoms with Gasteiger partial charge < -0.3 is 16.2 Å². The predicted octanol–water partition coefficient (Wildman–Crippen LogP) is 2.63. The minimum absolute atomic E-state index is 0.142. The Balaban J connectivity index is 1.61. The number of nitrogens with two attached hydrogens (primary N) is 2. The molecule has 0 aromatic heterocycles. The molecule has 2 aliphatic heterocycles. The topological polar surface area (TPSA) is 61.3 Å². The summed E-state index contributed by atoms with van der Waals surface area (Å²) in [6.45, 7) is 0. The van der Waals surface area contributed by atoms with Crippen LogP contribution in [0.2, 0.25) is 0 Å². The fourth-order valence-electron chi connectivity index (χ4n) is 6.87. The van der Waals surface area contributed by atoms with Crippen LogP contribution in [0, 0.1) is 11.8 Å². The molecule has 5 rings (SSSR count). The third kappa shape index (κ3) is 1.29. The molecule has 2 saturated carbocycles. The molecule has 116 valence electrons. The van der Waals surface area contributed by atoms with Crippen LogP contribution in [0.3, 0.4) is 0 Å². The molecule has 0 amide bonds. The molecule has 6 atom stereocenters. The van der Waals surface area contributed by atoms with E-state index in [2.05, 4.69) is 12.2 Å². The van der Waals surface area contributed by atoms with Gasteiger partial charge in [0.05, 0.1) is 22.3 Å². The van der Waals surface area contributed by atoms with Gasteiger partial charge in [0.2, 0.25) is 0 Å². The van der Waals surface area contributed by atoms with Crippen LogP contribution in [0.15, 0.2) is 12.2 Å². The molecule has 0 aromatic carbocycles. The normalized spacial score (nSPS) is 61.2. The molecule has 3 aliphatic carbocycles. The van der Waals surface area contributed by atoms with E-state index in [1.165, 1.54) is 44.9 Å². The summed E-state index contributed by atoms with van der Waals surface area (Å²) in [6.07, 6.45) is 16.6. The average molecular weight is 288 g/mol. The second kappa shape index (κ2) is 3.74. The van der Waals surface area contributed by atoms with Crippen LogP contribution in [0.5, 0.6) is 0 Å². The Kier molecular flexibility index (Phi) is 2.34. The predicted molar refractivity (Wildman–Crippen MR) is 82.7 cm³/mol. The zero-order valence-electron chi connectivity index (χ0n) is 12.9. The summed E-state index contributed by atoms with van der Waals surface area (Å²) in [5.41, 5.74) is 13.1. The summed E-state index contributed by atoms with van der Waals surface area (Å²) < 4.78 is 7.02. The maximum atomic E-state index is 7.03.